The molecule has 0 spiro atoms. The largest absolute Gasteiger partial charge is 0.399 e. The van der Waals surface area contributed by atoms with Crippen LogP contribution >= 0.6 is 0 Å². The van der Waals surface area contributed by atoms with Crippen LogP contribution in [0.2, 0.25) is 0 Å². The van der Waals surface area contributed by atoms with Crippen LogP contribution in [0.15, 0.2) is 18.2 Å². The maximum absolute atomic E-state index is 12.3. The topological polar surface area (TPSA) is 58.4 Å². The van der Waals surface area contributed by atoms with Crippen LogP contribution in [-0.4, -0.2) is 30.4 Å². The van der Waals surface area contributed by atoms with Gasteiger partial charge in [-0.15, -0.1) is 0 Å². The van der Waals surface area contributed by atoms with Crippen LogP contribution in [0.4, 0.5) is 11.4 Å². The number of rotatable bonds is 6. The number of anilines is 2. The molecule has 1 aromatic rings. The van der Waals surface area contributed by atoms with Crippen LogP contribution in [0.25, 0.3) is 0 Å². The van der Waals surface area contributed by atoms with E-state index in [1.54, 1.807) is 6.07 Å². The Labute approximate surface area is 122 Å². The number of carbonyl (C=O) groups is 1. The molecular formula is C16H27N3O. The van der Waals surface area contributed by atoms with E-state index in [0.29, 0.717) is 11.6 Å². The molecule has 0 aliphatic carbocycles. The molecule has 0 bridgehead atoms. The maximum Gasteiger partial charge on any atom is 0.241 e. The molecule has 0 saturated carbocycles. The summed E-state index contributed by atoms with van der Waals surface area (Å²) < 4.78 is 0. The number of nitrogens with one attached hydrogen (secondary N) is 1. The summed E-state index contributed by atoms with van der Waals surface area (Å²) in [7, 11) is 1.98. The average molecular weight is 277 g/mol. The summed E-state index contributed by atoms with van der Waals surface area (Å²) in [5.41, 5.74) is 8.23. The first-order valence-electron chi connectivity index (χ1n) is 7.18. The lowest BCUT2D eigenvalue weighted by molar-refractivity contribution is -0.120. The third-order valence-electron chi connectivity index (χ3n) is 3.62. The average Bonchev–Trinajstić information content (AvgIpc) is 2.39. The predicted octanol–water partition coefficient (Wildman–Crippen LogP) is 2.88. The first-order valence-corrected chi connectivity index (χ1v) is 7.18. The number of amides is 1. The van der Waals surface area contributed by atoms with Gasteiger partial charge in [0.15, 0.2) is 0 Å². The number of aryl methyl sites for hydroxylation is 1. The monoisotopic (exact) mass is 277 g/mol. The number of likely N-dealkylation sites (N-methyl/N-ethyl adjacent to an activating group) is 1. The molecule has 1 atom stereocenters. The lowest BCUT2D eigenvalue weighted by atomic mass is 10.1. The molecule has 112 valence electrons. The standard InChI is InChI=1S/C16H27N3O/c1-11(2)8-9-19(5)13(4)16(20)18-15-10-14(17)7-6-12(15)3/h6-7,10-11,13H,8-9,17H2,1-5H3,(H,18,20). The van der Waals surface area contributed by atoms with Gasteiger partial charge in [-0.3, -0.25) is 9.69 Å². The summed E-state index contributed by atoms with van der Waals surface area (Å²) >= 11 is 0. The highest BCUT2D eigenvalue weighted by Crippen LogP contribution is 2.18. The Morgan fingerprint density at radius 2 is 2.00 bits per heavy atom. The Kier molecular flexibility index (Phi) is 6.02. The van der Waals surface area contributed by atoms with Crippen LogP contribution in [-0.2, 0) is 4.79 Å². The second kappa shape index (κ2) is 7.29. The minimum Gasteiger partial charge on any atom is -0.399 e. The second-order valence-corrected chi connectivity index (χ2v) is 5.90. The van der Waals surface area contributed by atoms with Gasteiger partial charge in [-0.05, 0) is 57.5 Å². The normalized spacial score (nSPS) is 12.8. The summed E-state index contributed by atoms with van der Waals surface area (Å²) in [5, 5.41) is 2.96. The van der Waals surface area contributed by atoms with Gasteiger partial charge in [0, 0.05) is 11.4 Å². The van der Waals surface area contributed by atoms with E-state index in [1.165, 1.54) is 0 Å². The lowest BCUT2D eigenvalue weighted by Crippen LogP contribution is -2.40. The highest BCUT2D eigenvalue weighted by molar-refractivity contribution is 5.95. The van der Waals surface area contributed by atoms with Gasteiger partial charge in [0.25, 0.3) is 0 Å². The van der Waals surface area contributed by atoms with Gasteiger partial charge in [-0.2, -0.15) is 0 Å². The third kappa shape index (κ3) is 4.85. The maximum atomic E-state index is 12.3. The molecule has 0 radical (unpaired) electrons. The lowest BCUT2D eigenvalue weighted by Gasteiger charge is -2.25. The van der Waals surface area contributed by atoms with Crippen molar-refractivity contribution in [1.29, 1.82) is 0 Å². The van der Waals surface area contributed by atoms with Crippen molar-refractivity contribution in [2.75, 3.05) is 24.6 Å². The van der Waals surface area contributed by atoms with Crippen LogP contribution in [0.1, 0.15) is 32.8 Å². The Bertz CT molecular complexity index is 457. The number of hydrogen-bond acceptors (Lipinski definition) is 3. The van der Waals surface area contributed by atoms with E-state index < -0.39 is 0 Å². The zero-order valence-corrected chi connectivity index (χ0v) is 13.2. The molecule has 1 rings (SSSR count). The number of benzene rings is 1. The third-order valence-corrected chi connectivity index (χ3v) is 3.62. The van der Waals surface area contributed by atoms with Crippen LogP contribution < -0.4 is 11.1 Å². The fourth-order valence-corrected chi connectivity index (χ4v) is 1.87. The van der Waals surface area contributed by atoms with Crippen LogP contribution in [0.5, 0.6) is 0 Å². The van der Waals surface area contributed by atoms with E-state index >= 15 is 0 Å². The zero-order chi connectivity index (χ0) is 15.3. The highest BCUT2D eigenvalue weighted by atomic mass is 16.2. The van der Waals surface area contributed by atoms with Gasteiger partial charge >= 0.3 is 0 Å². The smallest absolute Gasteiger partial charge is 0.241 e. The van der Waals surface area contributed by atoms with Crippen molar-refractivity contribution < 1.29 is 4.79 Å². The Morgan fingerprint density at radius 3 is 2.60 bits per heavy atom. The van der Waals surface area contributed by atoms with Crippen molar-refractivity contribution in [3.05, 3.63) is 23.8 Å². The number of nitrogen functional groups attached to an aromatic ring is 1. The van der Waals surface area contributed by atoms with E-state index in [-0.39, 0.29) is 11.9 Å². The predicted molar refractivity (Wildman–Crippen MR) is 85.8 cm³/mol. The second-order valence-electron chi connectivity index (χ2n) is 5.90. The van der Waals surface area contributed by atoms with Gasteiger partial charge in [-0.1, -0.05) is 19.9 Å². The Morgan fingerprint density at radius 1 is 1.35 bits per heavy atom. The fraction of sp³-hybridized carbons (Fsp3) is 0.562. The quantitative estimate of drug-likeness (QED) is 0.786. The number of nitrogens with zero attached hydrogens (tertiary/aromatic N) is 1. The molecule has 0 aromatic heterocycles. The summed E-state index contributed by atoms with van der Waals surface area (Å²) in [4.78, 5) is 14.3. The zero-order valence-electron chi connectivity index (χ0n) is 13.2. The van der Waals surface area contributed by atoms with E-state index in [2.05, 4.69) is 24.1 Å². The summed E-state index contributed by atoms with van der Waals surface area (Å²) in [5.74, 6) is 0.647. The molecule has 1 aromatic carbocycles. The van der Waals surface area contributed by atoms with Crippen LogP contribution in [0.3, 0.4) is 0 Å². The molecule has 0 saturated heterocycles. The van der Waals surface area contributed by atoms with Gasteiger partial charge in [-0.25, -0.2) is 0 Å². The number of nitrogens with two attached hydrogens (primary N) is 1. The van der Waals surface area contributed by atoms with Crippen molar-refractivity contribution in [3.8, 4) is 0 Å². The highest BCUT2D eigenvalue weighted by Gasteiger charge is 2.18. The van der Waals surface area contributed by atoms with E-state index in [1.807, 2.05) is 33.0 Å². The first kappa shape index (κ1) is 16.5. The molecule has 0 fully saturated rings. The molecule has 1 unspecified atom stereocenters. The van der Waals surface area contributed by atoms with Crippen molar-refractivity contribution >= 4 is 17.3 Å². The van der Waals surface area contributed by atoms with E-state index in [4.69, 9.17) is 5.73 Å². The fourth-order valence-electron chi connectivity index (χ4n) is 1.87. The molecule has 1 amide bonds. The van der Waals surface area contributed by atoms with E-state index in [0.717, 1.165) is 24.2 Å². The Balaban J connectivity index is 2.63. The van der Waals surface area contributed by atoms with Crippen molar-refractivity contribution in [2.24, 2.45) is 5.92 Å². The summed E-state index contributed by atoms with van der Waals surface area (Å²) in [6.45, 7) is 9.19. The van der Waals surface area contributed by atoms with Crippen molar-refractivity contribution in [3.63, 3.8) is 0 Å². The molecule has 3 N–H and O–H groups in total. The molecule has 0 heterocycles. The van der Waals surface area contributed by atoms with Gasteiger partial charge in [0.1, 0.15) is 0 Å². The van der Waals surface area contributed by atoms with Gasteiger partial charge in [0.05, 0.1) is 6.04 Å². The molecular weight excluding hydrogens is 250 g/mol. The minimum absolute atomic E-state index is 0.00459. The molecule has 4 heteroatoms. The number of carbonyl (C=O) groups excluding carboxylic acids is 1. The van der Waals surface area contributed by atoms with Crippen molar-refractivity contribution in [2.45, 2.75) is 40.2 Å². The van der Waals surface area contributed by atoms with Gasteiger partial charge < -0.3 is 11.1 Å². The molecule has 0 aliphatic rings. The van der Waals surface area contributed by atoms with Crippen LogP contribution in [0, 0.1) is 12.8 Å². The molecule has 20 heavy (non-hydrogen) atoms. The van der Waals surface area contributed by atoms with Gasteiger partial charge in [0.2, 0.25) is 5.91 Å². The SMILES string of the molecule is Cc1ccc(N)cc1NC(=O)C(C)N(C)CCC(C)C. The van der Waals surface area contributed by atoms with E-state index in [9.17, 15) is 4.79 Å². The Hall–Kier alpha value is -1.55. The molecule has 4 nitrogen and oxygen atoms in total. The molecule has 0 aliphatic heterocycles. The minimum atomic E-state index is -0.158. The van der Waals surface area contributed by atoms with Crippen molar-refractivity contribution in [1.82, 2.24) is 4.90 Å². The number of hydrogen-bond donors (Lipinski definition) is 2. The first-order chi connectivity index (χ1) is 9.31. The summed E-state index contributed by atoms with van der Waals surface area (Å²) in [6.07, 6.45) is 1.09. The summed E-state index contributed by atoms with van der Waals surface area (Å²) in [6, 6.07) is 5.39.